The van der Waals surface area contributed by atoms with E-state index in [1.165, 1.54) is 25.7 Å². The standard InChI is InChI=1S/C48H83NO9/c1-5-9-12-15-16-17-18-19-20-21-22-23-24-25-27-32-45(50)55-40-44(42-58-48(52)57-39-43-31-30-35-49(8-4)38-43)41-56-46(51)33-34-47(53-36-28-14-11-7-3)54-37-29-26-13-10-6-2/h11,13-14,16-17,19-20,26,43-44,47H,5-10,12,15,18,21-25,27-42H2,1-4H3/b14-11-,17-16-,20-19-,26-13-. The Morgan fingerprint density at radius 1 is 0.621 bits per heavy atom. The van der Waals surface area contributed by atoms with Crippen LogP contribution in [0.1, 0.15) is 163 Å². The van der Waals surface area contributed by atoms with Crippen LogP contribution in [0.5, 0.6) is 0 Å². The fourth-order valence-corrected chi connectivity index (χ4v) is 6.45. The lowest BCUT2D eigenvalue weighted by molar-refractivity contribution is -0.160. The van der Waals surface area contributed by atoms with Crippen LogP contribution in [0.15, 0.2) is 48.6 Å². The largest absolute Gasteiger partial charge is 0.508 e. The van der Waals surface area contributed by atoms with Crippen LogP contribution in [0, 0.1) is 11.8 Å². The van der Waals surface area contributed by atoms with Gasteiger partial charge in [0.2, 0.25) is 0 Å². The average molecular weight is 818 g/mol. The van der Waals surface area contributed by atoms with Gasteiger partial charge >= 0.3 is 18.1 Å². The maximum Gasteiger partial charge on any atom is 0.508 e. The SMILES string of the molecule is CC/C=C\CCOC(CCC(=O)OCC(COC(=O)CCCCCCC/C=C\C/C=C\CCCCC)COC(=O)OCC1CCCN(CC)C1)OCC/C=C\CCC. The molecule has 0 bridgehead atoms. The minimum atomic E-state index is -0.767. The molecule has 0 aromatic carbocycles. The molecule has 1 aliphatic rings. The number of allylic oxidation sites excluding steroid dienone is 6. The fraction of sp³-hybridized carbons (Fsp3) is 0.771. The van der Waals surface area contributed by atoms with Gasteiger partial charge in [0, 0.05) is 25.3 Å². The minimum absolute atomic E-state index is 0.0284. The topological polar surface area (TPSA) is 110 Å². The van der Waals surface area contributed by atoms with E-state index in [0.717, 1.165) is 110 Å². The number of piperidine rings is 1. The van der Waals surface area contributed by atoms with Crippen LogP contribution in [0.25, 0.3) is 0 Å². The Morgan fingerprint density at radius 3 is 1.90 bits per heavy atom. The van der Waals surface area contributed by atoms with Crippen LogP contribution in [0.2, 0.25) is 0 Å². The maximum absolute atomic E-state index is 12.9. The summed E-state index contributed by atoms with van der Waals surface area (Å²) in [5.41, 5.74) is 0. The van der Waals surface area contributed by atoms with E-state index in [0.29, 0.717) is 32.7 Å². The van der Waals surface area contributed by atoms with E-state index in [-0.39, 0.29) is 38.1 Å². The highest BCUT2D eigenvalue weighted by molar-refractivity contribution is 5.69. The number of hydrogen-bond acceptors (Lipinski definition) is 10. The van der Waals surface area contributed by atoms with E-state index in [1.54, 1.807) is 0 Å². The van der Waals surface area contributed by atoms with Crippen molar-refractivity contribution < 1.29 is 42.8 Å². The molecule has 1 saturated heterocycles. The molecule has 1 fully saturated rings. The van der Waals surface area contributed by atoms with E-state index in [9.17, 15) is 14.4 Å². The van der Waals surface area contributed by atoms with Gasteiger partial charge in [-0.1, -0.05) is 115 Å². The Morgan fingerprint density at radius 2 is 1.22 bits per heavy atom. The van der Waals surface area contributed by atoms with Gasteiger partial charge in [0.15, 0.2) is 6.29 Å². The molecule has 1 aliphatic heterocycles. The molecule has 0 aromatic rings. The molecule has 58 heavy (non-hydrogen) atoms. The average Bonchev–Trinajstić information content (AvgIpc) is 3.23. The first-order valence-electron chi connectivity index (χ1n) is 23.1. The molecule has 0 amide bonds. The Bertz CT molecular complexity index is 1120. The van der Waals surface area contributed by atoms with Crippen LogP contribution >= 0.6 is 0 Å². The second-order valence-electron chi connectivity index (χ2n) is 15.4. The highest BCUT2D eigenvalue weighted by atomic mass is 16.7. The van der Waals surface area contributed by atoms with Gasteiger partial charge in [-0.15, -0.1) is 0 Å². The number of carbonyl (C=O) groups excluding carboxylic acids is 3. The Labute approximate surface area is 353 Å². The second-order valence-corrected chi connectivity index (χ2v) is 15.4. The number of unbranched alkanes of at least 4 members (excludes halogenated alkanes) is 9. The molecule has 3 atom stereocenters. The smallest absolute Gasteiger partial charge is 0.465 e. The number of ether oxygens (including phenoxy) is 6. The fourth-order valence-electron chi connectivity index (χ4n) is 6.45. The maximum atomic E-state index is 12.9. The van der Waals surface area contributed by atoms with E-state index < -0.39 is 24.3 Å². The summed E-state index contributed by atoms with van der Waals surface area (Å²) in [4.78, 5) is 40.4. The van der Waals surface area contributed by atoms with Gasteiger partial charge < -0.3 is 33.3 Å². The third-order valence-electron chi connectivity index (χ3n) is 10.0. The van der Waals surface area contributed by atoms with Crippen molar-refractivity contribution in [2.45, 2.75) is 169 Å². The Hall–Kier alpha value is -2.95. The Kier molecular flexibility index (Phi) is 36.1. The molecule has 334 valence electrons. The number of likely N-dealkylation sites (tertiary alicyclic amines) is 1. The third kappa shape index (κ3) is 32.9. The van der Waals surface area contributed by atoms with Crippen LogP contribution in [0.3, 0.4) is 0 Å². The predicted molar refractivity (Wildman–Crippen MR) is 235 cm³/mol. The lowest BCUT2D eigenvalue weighted by Crippen LogP contribution is -2.37. The van der Waals surface area contributed by atoms with Crippen LogP contribution in [-0.2, 0) is 38.0 Å². The second kappa shape index (κ2) is 39.5. The first-order valence-corrected chi connectivity index (χ1v) is 23.1. The zero-order valence-corrected chi connectivity index (χ0v) is 37.2. The number of rotatable bonds is 37. The molecule has 3 unspecified atom stereocenters. The van der Waals surface area contributed by atoms with Crippen molar-refractivity contribution in [2.75, 3.05) is 59.3 Å². The molecule has 1 heterocycles. The lowest BCUT2D eigenvalue weighted by Gasteiger charge is -2.31. The summed E-state index contributed by atoms with van der Waals surface area (Å²) in [6, 6.07) is 0. The van der Waals surface area contributed by atoms with Gasteiger partial charge in [-0.05, 0) is 90.1 Å². The van der Waals surface area contributed by atoms with Gasteiger partial charge in [-0.2, -0.15) is 0 Å². The van der Waals surface area contributed by atoms with Crippen molar-refractivity contribution in [3.8, 4) is 0 Å². The summed E-state index contributed by atoms with van der Waals surface area (Å²) in [6.45, 7) is 12.6. The molecular weight excluding hydrogens is 735 g/mol. The molecule has 0 spiro atoms. The van der Waals surface area contributed by atoms with Crippen molar-refractivity contribution >= 4 is 18.1 Å². The molecule has 0 N–H and O–H groups in total. The van der Waals surface area contributed by atoms with Crippen LogP contribution in [0.4, 0.5) is 4.79 Å². The molecule has 10 heteroatoms. The summed E-state index contributed by atoms with van der Waals surface area (Å²) in [5, 5.41) is 0. The number of nitrogens with zero attached hydrogens (tertiary/aromatic N) is 1. The van der Waals surface area contributed by atoms with E-state index in [1.807, 2.05) is 0 Å². The highest BCUT2D eigenvalue weighted by Crippen LogP contribution is 2.17. The van der Waals surface area contributed by atoms with Crippen LogP contribution in [-0.4, -0.2) is 88.6 Å². The van der Waals surface area contributed by atoms with Crippen molar-refractivity contribution in [1.82, 2.24) is 4.90 Å². The van der Waals surface area contributed by atoms with Gasteiger partial charge in [-0.3, -0.25) is 9.59 Å². The van der Waals surface area contributed by atoms with E-state index in [4.69, 9.17) is 28.4 Å². The van der Waals surface area contributed by atoms with Gasteiger partial charge in [0.1, 0.15) is 19.8 Å². The normalized spacial score (nSPS) is 16.1. The van der Waals surface area contributed by atoms with Crippen molar-refractivity contribution in [3.05, 3.63) is 48.6 Å². The molecule has 0 aliphatic carbocycles. The molecular formula is C48H83NO9. The van der Waals surface area contributed by atoms with Crippen molar-refractivity contribution in [2.24, 2.45) is 11.8 Å². The van der Waals surface area contributed by atoms with Crippen molar-refractivity contribution in [1.29, 1.82) is 0 Å². The predicted octanol–water partition coefficient (Wildman–Crippen LogP) is 11.6. The first kappa shape index (κ1) is 53.1. The highest BCUT2D eigenvalue weighted by Gasteiger charge is 2.22. The third-order valence-corrected chi connectivity index (χ3v) is 10.0. The van der Waals surface area contributed by atoms with E-state index >= 15 is 0 Å². The van der Waals surface area contributed by atoms with Gasteiger partial charge in [0.05, 0.1) is 32.2 Å². The summed E-state index contributed by atoms with van der Waals surface area (Å²) in [6.07, 6.45) is 35.9. The van der Waals surface area contributed by atoms with Gasteiger partial charge in [0.25, 0.3) is 0 Å². The summed E-state index contributed by atoms with van der Waals surface area (Å²) < 4.78 is 34.0. The zero-order valence-electron chi connectivity index (χ0n) is 37.2. The molecule has 0 aromatic heterocycles. The van der Waals surface area contributed by atoms with Crippen molar-refractivity contribution in [3.63, 3.8) is 0 Å². The first-order chi connectivity index (χ1) is 28.4. The Balaban J connectivity index is 2.54. The number of carbonyl (C=O) groups is 3. The monoisotopic (exact) mass is 818 g/mol. The summed E-state index contributed by atoms with van der Waals surface area (Å²) in [5.74, 6) is -0.986. The lowest BCUT2D eigenvalue weighted by atomic mass is 9.99. The molecule has 0 saturated carbocycles. The summed E-state index contributed by atoms with van der Waals surface area (Å²) >= 11 is 0. The number of esters is 2. The summed E-state index contributed by atoms with van der Waals surface area (Å²) in [7, 11) is 0. The number of hydrogen-bond donors (Lipinski definition) is 0. The molecule has 1 rings (SSSR count). The molecule has 10 nitrogen and oxygen atoms in total. The zero-order chi connectivity index (χ0) is 42.2. The minimum Gasteiger partial charge on any atom is -0.465 e. The quantitative estimate of drug-likeness (QED) is 0.0198. The van der Waals surface area contributed by atoms with E-state index in [2.05, 4.69) is 81.2 Å². The van der Waals surface area contributed by atoms with Crippen LogP contribution < -0.4 is 0 Å². The molecule has 0 radical (unpaired) electrons. The van der Waals surface area contributed by atoms with Gasteiger partial charge in [-0.25, -0.2) is 4.79 Å².